The number of ether oxygens (including phenoxy) is 2. The molecule has 1 saturated heterocycles. The summed E-state index contributed by atoms with van der Waals surface area (Å²) in [6.07, 6.45) is 5.14. The molecule has 2 aromatic carbocycles. The molecule has 0 aromatic heterocycles. The largest absolute Gasteiger partial charge is 0.459 e. The summed E-state index contributed by atoms with van der Waals surface area (Å²) >= 11 is 0. The van der Waals surface area contributed by atoms with Gasteiger partial charge >= 0.3 is 11.9 Å². The van der Waals surface area contributed by atoms with Crippen molar-refractivity contribution in [3.05, 3.63) is 71.8 Å². The normalized spacial score (nSPS) is 19.5. The third-order valence-corrected chi connectivity index (χ3v) is 6.64. The SMILES string of the molecule is Br.CN1CCC(OC(=O)C(OC(=O)c2ccccc2)(c2ccccc2)C2CCCC2)CC1. The van der Waals surface area contributed by atoms with Gasteiger partial charge in [0.25, 0.3) is 0 Å². The summed E-state index contributed by atoms with van der Waals surface area (Å²) in [5.74, 6) is -1.01. The smallest absolute Gasteiger partial charge is 0.355 e. The van der Waals surface area contributed by atoms with Crippen molar-refractivity contribution < 1.29 is 19.1 Å². The molecule has 0 amide bonds. The molecule has 0 bridgehead atoms. The topological polar surface area (TPSA) is 55.8 Å². The summed E-state index contributed by atoms with van der Waals surface area (Å²) in [5.41, 5.74) is -0.286. The molecule has 1 aliphatic heterocycles. The molecule has 5 nitrogen and oxygen atoms in total. The molecule has 1 aliphatic carbocycles. The van der Waals surface area contributed by atoms with Gasteiger partial charge in [0.2, 0.25) is 5.60 Å². The maximum absolute atomic E-state index is 13.9. The van der Waals surface area contributed by atoms with Gasteiger partial charge in [-0.25, -0.2) is 9.59 Å². The van der Waals surface area contributed by atoms with Gasteiger partial charge in [0.15, 0.2) is 0 Å². The van der Waals surface area contributed by atoms with E-state index >= 15 is 0 Å². The molecule has 1 saturated carbocycles. The predicted molar refractivity (Wildman–Crippen MR) is 129 cm³/mol. The van der Waals surface area contributed by atoms with Crippen LogP contribution in [0.5, 0.6) is 0 Å². The van der Waals surface area contributed by atoms with Gasteiger partial charge in [-0.05, 0) is 44.9 Å². The number of carbonyl (C=O) groups excluding carboxylic acids is 2. The Morgan fingerprint density at radius 3 is 2.03 bits per heavy atom. The Morgan fingerprint density at radius 1 is 0.875 bits per heavy atom. The first-order chi connectivity index (χ1) is 15.1. The van der Waals surface area contributed by atoms with Gasteiger partial charge in [0.1, 0.15) is 6.10 Å². The molecule has 32 heavy (non-hydrogen) atoms. The lowest BCUT2D eigenvalue weighted by Gasteiger charge is -2.38. The molecule has 172 valence electrons. The monoisotopic (exact) mass is 501 g/mol. The average Bonchev–Trinajstić information content (AvgIpc) is 3.35. The zero-order valence-corrected chi connectivity index (χ0v) is 20.3. The molecule has 1 atom stereocenters. The number of carbonyl (C=O) groups is 2. The number of benzene rings is 2. The number of hydrogen-bond acceptors (Lipinski definition) is 5. The van der Waals surface area contributed by atoms with Crippen LogP contribution in [-0.2, 0) is 19.9 Å². The summed E-state index contributed by atoms with van der Waals surface area (Å²) in [5, 5.41) is 0. The molecule has 2 aromatic rings. The van der Waals surface area contributed by atoms with Crippen LogP contribution in [-0.4, -0.2) is 43.1 Å². The van der Waals surface area contributed by atoms with Gasteiger partial charge in [-0.15, -0.1) is 17.0 Å². The maximum atomic E-state index is 13.9. The minimum atomic E-state index is -1.42. The van der Waals surface area contributed by atoms with Gasteiger partial charge < -0.3 is 14.4 Å². The van der Waals surface area contributed by atoms with Crippen LogP contribution in [0.15, 0.2) is 60.7 Å². The van der Waals surface area contributed by atoms with Crippen LogP contribution in [0.1, 0.15) is 54.4 Å². The fourth-order valence-corrected chi connectivity index (χ4v) is 4.84. The first-order valence-corrected chi connectivity index (χ1v) is 11.3. The Labute approximate surface area is 200 Å². The molecule has 1 unspecified atom stereocenters. The number of rotatable bonds is 6. The third-order valence-electron chi connectivity index (χ3n) is 6.64. The number of nitrogens with zero attached hydrogens (tertiary/aromatic N) is 1. The van der Waals surface area contributed by atoms with E-state index in [-0.39, 0.29) is 29.0 Å². The van der Waals surface area contributed by atoms with Crippen LogP contribution >= 0.6 is 17.0 Å². The molecule has 2 fully saturated rings. The molecule has 6 heteroatoms. The lowest BCUT2D eigenvalue weighted by molar-refractivity contribution is -0.182. The lowest BCUT2D eigenvalue weighted by Crippen LogP contribution is -2.49. The van der Waals surface area contributed by atoms with Gasteiger partial charge in [0, 0.05) is 24.6 Å². The van der Waals surface area contributed by atoms with Gasteiger partial charge in [-0.2, -0.15) is 0 Å². The number of halogens is 1. The molecule has 0 radical (unpaired) electrons. The first kappa shape index (κ1) is 24.5. The van der Waals surface area contributed by atoms with E-state index in [9.17, 15) is 9.59 Å². The van der Waals surface area contributed by atoms with E-state index in [0.29, 0.717) is 11.1 Å². The minimum Gasteiger partial charge on any atom is -0.459 e. The highest BCUT2D eigenvalue weighted by Gasteiger charge is 2.53. The fraction of sp³-hybridized carbons (Fsp3) is 0.462. The van der Waals surface area contributed by atoms with Gasteiger partial charge in [-0.3, -0.25) is 0 Å². The van der Waals surface area contributed by atoms with E-state index < -0.39 is 17.5 Å². The zero-order valence-electron chi connectivity index (χ0n) is 18.6. The van der Waals surface area contributed by atoms with Crippen molar-refractivity contribution in [2.75, 3.05) is 20.1 Å². The van der Waals surface area contributed by atoms with E-state index in [4.69, 9.17) is 9.47 Å². The van der Waals surface area contributed by atoms with Gasteiger partial charge in [-0.1, -0.05) is 61.4 Å². The lowest BCUT2D eigenvalue weighted by atomic mass is 9.79. The highest BCUT2D eigenvalue weighted by atomic mass is 79.9. The van der Waals surface area contributed by atoms with E-state index in [0.717, 1.165) is 51.6 Å². The second kappa shape index (κ2) is 11.1. The maximum Gasteiger partial charge on any atom is 0.355 e. The van der Waals surface area contributed by atoms with E-state index in [1.54, 1.807) is 24.3 Å². The molecule has 4 rings (SSSR count). The third kappa shape index (κ3) is 5.24. The van der Waals surface area contributed by atoms with E-state index in [1.165, 1.54) is 0 Å². The molecule has 0 spiro atoms. The number of hydrogen-bond donors (Lipinski definition) is 0. The Balaban J connectivity index is 0.00000289. The van der Waals surface area contributed by atoms with Crippen molar-refractivity contribution in [2.45, 2.75) is 50.2 Å². The standard InChI is InChI=1S/C26H31NO4.BrH/c1-27-18-16-23(17-19-27)30-25(29)26(22-14-8-9-15-22,21-12-6-3-7-13-21)31-24(28)20-10-4-2-5-11-20;/h2-7,10-13,22-23H,8-9,14-19H2,1H3;1H. The second-order valence-corrected chi connectivity index (χ2v) is 8.75. The summed E-state index contributed by atoms with van der Waals surface area (Å²) in [6.45, 7) is 1.78. The Hall–Kier alpha value is -2.18. The predicted octanol–water partition coefficient (Wildman–Crippen LogP) is 5.14. The van der Waals surface area contributed by atoms with Crippen molar-refractivity contribution in [3.8, 4) is 0 Å². The summed E-state index contributed by atoms with van der Waals surface area (Å²) in [4.78, 5) is 29.3. The zero-order chi connectivity index (χ0) is 21.7. The minimum absolute atomic E-state index is 0. The van der Waals surface area contributed by atoms with Crippen molar-refractivity contribution in [2.24, 2.45) is 5.92 Å². The van der Waals surface area contributed by atoms with Crippen LogP contribution in [0.2, 0.25) is 0 Å². The summed E-state index contributed by atoms with van der Waals surface area (Å²) in [6, 6.07) is 18.3. The first-order valence-electron chi connectivity index (χ1n) is 11.3. The highest BCUT2D eigenvalue weighted by molar-refractivity contribution is 8.93. The summed E-state index contributed by atoms with van der Waals surface area (Å²) < 4.78 is 12.3. The summed E-state index contributed by atoms with van der Waals surface area (Å²) in [7, 11) is 2.08. The van der Waals surface area contributed by atoms with E-state index in [2.05, 4.69) is 11.9 Å². The number of esters is 2. The van der Waals surface area contributed by atoms with E-state index in [1.807, 2.05) is 36.4 Å². The molecule has 0 N–H and O–H groups in total. The highest BCUT2D eigenvalue weighted by Crippen LogP contribution is 2.45. The van der Waals surface area contributed by atoms with Crippen molar-refractivity contribution in [3.63, 3.8) is 0 Å². The Kier molecular flexibility index (Phi) is 8.49. The molecular formula is C26H32BrNO4. The molecule has 1 heterocycles. The number of likely N-dealkylation sites (tertiary alicyclic amines) is 1. The average molecular weight is 502 g/mol. The molecular weight excluding hydrogens is 470 g/mol. The van der Waals surface area contributed by atoms with Gasteiger partial charge in [0.05, 0.1) is 5.56 Å². The van der Waals surface area contributed by atoms with Crippen molar-refractivity contribution in [1.82, 2.24) is 4.90 Å². The quantitative estimate of drug-likeness (QED) is 0.512. The Bertz CT molecular complexity index is 877. The van der Waals surface area contributed by atoms with Crippen molar-refractivity contribution >= 4 is 28.9 Å². The van der Waals surface area contributed by atoms with Crippen LogP contribution < -0.4 is 0 Å². The van der Waals surface area contributed by atoms with Crippen molar-refractivity contribution in [1.29, 1.82) is 0 Å². The Morgan fingerprint density at radius 2 is 1.44 bits per heavy atom. The fourth-order valence-electron chi connectivity index (χ4n) is 4.84. The number of piperidine rings is 1. The van der Waals surface area contributed by atoms with Crippen LogP contribution in [0.25, 0.3) is 0 Å². The van der Waals surface area contributed by atoms with Crippen LogP contribution in [0, 0.1) is 5.92 Å². The van der Waals surface area contributed by atoms with Crippen LogP contribution in [0.4, 0.5) is 0 Å². The second-order valence-electron chi connectivity index (χ2n) is 8.75. The molecule has 2 aliphatic rings. The van der Waals surface area contributed by atoms with Crippen LogP contribution in [0.3, 0.4) is 0 Å².